The lowest BCUT2D eigenvalue weighted by Crippen LogP contribution is -2.20. The molecule has 0 aliphatic heterocycles. The maximum Gasteiger partial charge on any atom is 0.127 e. The summed E-state index contributed by atoms with van der Waals surface area (Å²) >= 11 is 0. The monoisotopic (exact) mass is 243 g/mol. The van der Waals surface area contributed by atoms with Gasteiger partial charge in [-0.3, -0.25) is 0 Å². The smallest absolute Gasteiger partial charge is 0.127 e. The lowest BCUT2D eigenvalue weighted by atomic mass is 10.2. The Kier molecular flexibility index (Phi) is 6.08. The first-order chi connectivity index (χ1) is 8.13. The number of aliphatic hydroxyl groups is 1. The fourth-order valence-corrected chi connectivity index (χ4v) is 1.70. The molecule has 96 valence electrons. The Morgan fingerprint density at radius 3 is 2.65 bits per heavy atom. The van der Waals surface area contributed by atoms with Gasteiger partial charge in [0.2, 0.25) is 0 Å². The Balaban J connectivity index is 2.39. The molecular formula is C13H19F2NO. The third-order valence-corrected chi connectivity index (χ3v) is 2.65. The van der Waals surface area contributed by atoms with Gasteiger partial charge in [0.25, 0.3) is 0 Å². The number of hydrogen-bond acceptors (Lipinski definition) is 2. The van der Waals surface area contributed by atoms with Gasteiger partial charge in [-0.05, 0) is 51.1 Å². The SMILES string of the molecule is CN(CCCCCO)Cc1cc(F)ccc1F. The maximum atomic E-state index is 13.3. The van der Waals surface area contributed by atoms with Crippen molar-refractivity contribution < 1.29 is 13.9 Å². The molecule has 0 spiro atoms. The topological polar surface area (TPSA) is 23.5 Å². The largest absolute Gasteiger partial charge is 0.396 e. The van der Waals surface area contributed by atoms with Crippen LogP contribution in [0.2, 0.25) is 0 Å². The highest BCUT2D eigenvalue weighted by atomic mass is 19.1. The highest BCUT2D eigenvalue weighted by molar-refractivity contribution is 5.18. The average molecular weight is 243 g/mol. The van der Waals surface area contributed by atoms with E-state index < -0.39 is 5.82 Å². The third kappa shape index (κ3) is 5.24. The lowest BCUT2D eigenvalue weighted by Gasteiger charge is -2.16. The highest BCUT2D eigenvalue weighted by Gasteiger charge is 2.06. The second-order valence-corrected chi connectivity index (χ2v) is 4.26. The van der Waals surface area contributed by atoms with E-state index in [1.807, 2.05) is 11.9 Å². The van der Waals surface area contributed by atoms with Gasteiger partial charge in [-0.2, -0.15) is 0 Å². The van der Waals surface area contributed by atoms with E-state index in [-0.39, 0.29) is 12.4 Å². The zero-order valence-electron chi connectivity index (χ0n) is 10.1. The summed E-state index contributed by atoms with van der Waals surface area (Å²) in [6.45, 7) is 1.43. The molecule has 0 heterocycles. The van der Waals surface area contributed by atoms with Crippen LogP contribution in [0.4, 0.5) is 8.78 Å². The van der Waals surface area contributed by atoms with Gasteiger partial charge < -0.3 is 10.0 Å². The third-order valence-electron chi connectivity index (χ3n) is 2.65. The molecule has 0 saturated heterocycles. The second-order valence-electron chi connectivity index (χ2n) is 4.26. The van der Waals surface area contributed by atoms with Crippen LogP contribution in [0.1, 0.15) is 24.8 Å². The Morgan fingerprint density at radius 2 is 1.94 bits per heavy atom. The quantitative estimate of drug-likeness (QED) is 0.744. The molecule has 17 heavy (non-hydrogen) atoms. The Bertz CT molecular complexity index is 344. The molecule has 1 N–H and O–H groups in total. The van der Waals surface area contributed by atoms with E-state index in [2.05, 4.69) is 0 Å². The summed E-state index contributed by atoms with van der Waals surface area (Å²) < 4.78 is 26.3. The van der Waals surface area contributed by atoms with Crippen LogP contribution in [0.25, 0.3) is 0 Å². The number of aliphatic hydroxyl groups excluding tert-OH is 1. The molecule has 0 aromatic heterocycles. The molecule has 0 bridgehead atoms. The molecule has 0 atom stereocenters. The molecule has 1 rings (SSSR count). The number of benzene rings is 1. The van der Waals surface area contributed by atoms with E-state index in [0.29, 0.717) is 12.1 Å². The molecule has 1 aromatic rings. The molecule has 4 heteroatoms. The van der Waals surface area contributed by atoms with Crippen molar-refractivity contribution in [3.05, 3.63) is 35.4 Å². The first kappa shape index (κ1) is 14.1. The van der Waals surface area contributed by atoms with E-state index in [1.54, 1.807) is 0 Å². The molecule has 0 saturated carbocycles. The summed E-state index contributed by atoms with van der Waals surface area (Å²) in [7, 11) is 1.88. The average Bonchev–Trinajstić information content (AvgIpc) is 2.29. The van der Waals surface area contributed by atoms with Crippen LogP contribution in [0.15, 0.2) is 18.2 Å². The molecule has 0 fully saturated rings. The van der Waals surface area contributed by atoms with Gasteiger partial charge in [-0.25, -0.2) is 8.78 Å². The zero-order chi connectivity index (χ0) is 12.7. The van der Waals surface area contributed by atoms with Gasteiger partial charge in [-0.15, -0.1) is 0 Å². The van der Waals surface area contributed by atoms with Crippen molar-refractivity contribution in [1.82, 2.24) is 4.90 Å². The molecule has 0 amide bonds. The van der Waals surface area contributed by atoms with Crippen LogP contribution in [-0.2, 0) is 6.54 Å². The van der Waals surface area contributed by atoms with Gasteiger partial charge in [0, 0.05) is 18.7 Å². The van der Waals surface area contributed by atoms with Crippen molar-refractivity contribution >= 4 is 0 Å². The summed E-state index contributed by atoms with van der Waals surface area (Å²) in [5.74, 6) is -0.774. The molecule has 0 aliphatic carbocycles. The van der Waals surface area contributed by atoms with Crippen LogP contribution >= 0.6 is 0 Å². The highest BCUT2D eigenvalue weighted by Crippen LogP contribution is 2.12. The van der Waals surface area contributed by atoms with Crippen molar-refractivity contribution in [1.29, 1.82) is 0 Å². The predicted octanol–water partition coefficient (Wildman–Crippen LogP) is 2.56. The second kappa shape index (κ2) is 7.35. The first-order valence-corrected chi connectivity index (χ1v) is 5.87. The van der Waals surface area contributed by atoms with E-state index in [0.717, 1.165) is 37.9 Å². The molecule has 0 unspecified atom stereocenters. The standard InChI is InChI=1S/C13H19F2NO/c1-16(7-3-2-4-8-17)10-11-9-12(14)5-6-13(11)15/h5-6,9,17H,2-4,7-8,10H2,1H3. The van der Waals surface area contributed by atoms with Gasteiger partial charge >= 0.3 is 0 Å². The minimum atomic E-state index is -0.407. The molecule has 0 radical (unpaired) electrons. The van der Waals surface area contributed by atoms with Crippen LogP contribution in [0.5, 0.6) is 0 Å². The fourth-order valence-electron chi connectivity index (χ4n) is 1.70. The maximum absolute atomic E-state index is 13.3. The Morgan fingerprint density at radius 1 is 1.18 bits per heavy atom. The minimum Gasteiger partial charge on any atom is -0.396 e. The van der Waals surface area contributed by atoms with Crippen LogP contribution < -0.4 is 0 Å². The van der Waals surface area contributed by atoms with Gasteiger partial charge in [-0.1, -0.05) is 0 Å². The van der Waals surface area contributed by atoms with Crippen LogP contribution in [0.3, 0.4) is 0 Å². The normalized spacial score (nSPS) is 11.1. The van der Waals surface area contributed by atoms with Crippen LogP contribution in [0, 0.1) is 11.6 Å². The van der Waals surface area contributed by atoms with Gasteiger partial charge in [0.05, 0.1) is 0 Å². The Labute approximate surface area is 101 Å². The number of unbranched alkanes of at least 4 members (excludes halogenated alkanes) is 2. The number of hydrogen-bond donors (Lipinski definition) is 1. The van der Waals surface area contributed by atoms with Gasteiger partial charge in [0.1, 0.15) is 11.6 Å². The van der Waals surface area contributed by atoms with Crippen molar-refractivity contribution in [3.63, 3.8) is 0 Å². The summed E-state index contributed by atoms with van der Waals surface area (Å²) in [6.07, 6.45) is 2.70. The number of rotatable bonds is 7. The molecular weight excluding hydrogens is 224 g/mol. The van der Waals surface area contributed by atoms with E-state index >= 15 is 0 Å². The first-order valence-electron chi connectivity index (χ1n) is 5.87. The van der Waals surface area contributed by atoms with E-state index in [1.165, 1.54) is 6.07 Å². The number of nitrogens with zero attached hydrogens (tertiary/aromatic N) is 1. The summed E-state index contributed by atoms with van der Waals surface area (Å²) in [5.41, 5.74) is 0.384. The van der Waals surface area contributed by atoms with Crippen molar-refractivity contribution in [2.45, 2.75) is 25.8 Å². The molecule has 1 aromatic carbocycles. The summed E-state index contributed by atoms with van der Waals surface area (Å²) in [4.78, 5) is 1.95. The number of halogens is 2. The van der Waals surface area contributed by atoms with E-state index in [4.69, 9.17) is 5.11 Å². The van der Waals surface area contributed by atoms with Crippen molar-refractivity contribution in [2.24, 2.45) is 0 Å². The molecule has 2 nitrogen and oxygen atoms in total. The van der Waals surface area contributed by atoms with Gasteiger partial charge in [0.15, 0.2) is 0 Å². The predicted molar refractivity (Wildman–Crippen MR) is 63.6 cm³/mol. The lowest BCUT2D eigenvalue weighted by molar-refractivity contribution is 0.270. The molecule has 0 aliphatic rings. The van der Waals surface area contributed by atoms with Crippen LogP contribution in [-0.4, -0.2) is 30.2 Å². The summed E-state index contributed by atoms with van der Waals surface area (Å²) in [6, 6.07) is 3.52. The Hall–Kier alpha value is -1.00. The minimum absolute atomic E-state index is 0.211. The fraction of sp³-hybridized carbons (Fsp3) is 0.538. The zero-order valence-corrected chi connectivity index (χ0v) is 10.1. The van der Waals surface area contributed by atoms with Crippen molar-refractivity contribution in [2.75, 3.05) is 20.2 Å². The summed E-state index contributed by atoms with van der Waals surface area (Å²) in [5, 5.41) is 8.63. The van der Waals surface area contributed by atoms with E-state index in [9.17, 15) is 8.78 Å². The van der Waals surface area contributed by atoms with Crippen molar-refractivity contribution in [3.8, 4) is 0 Å².